The molecule has 0 saturated carbocycles. The first kappa shape index (κ1) is 18.9. The Labute approximate surface area is 153 Å². The van der Waals surface area contributed by atoms with E-state index in [4.69, 9.17) is 4.74 Å². The lowest BCUT2D eigenvalue weighted by molar-refractivity contribution is -0.297. The van der Waals surface area contributed by atoms with Crippen molar-refractivity contribution in [3.63, 3.8) is 0 Å². The molecule has 0 fully saturated rings. The average molecular weight is 378 g/mol. The van der Waals surface area contributed by atoms with E-state index in [1.165, 1.54) is 31.4 Å². The Balaban J connectivity index is 2.01. The first-order chi connectivity index (χ1) is 12.7. The standard InChI is InChI=1S/C19H17F3N2O3/c1-12-3-5-14(6-4-12)17(25)24-18(26,19(20,21)22)11-16(23-24)13-7-9-15(27-2)10-8-13/h3-10,26H,11H2,1-2H3. The van der Waals surface area contributed by atoms with Crippen LogP contribution in [0.3, 0.4) is 0 Å². The number of hydrogen-bond acceptors (Lipinski definition) is 4. The number of rotatable bonds is 3. The Morgan fingerprint density at radius 1 is 1.15 bits per heavy atom. The maximum Gasteiger partial charge on any atom is 0.438 e. The third-order valence-electron chi connectivity index (χ3n) is 4.35. The molecule has 1 atom stereocenters. The van der Waals surface area contributed by atoms with Crippen LogP contribution in [0.2, 0.25) is 0 Å². The largest absolute Gasteiger partial charge is 0.497 e. The molecule has 27 heavy (non-hydrogen) atoms. The molecule has 0 aliphatic carbocycles. The molecule has 1 unspecified atom stereocenters. The highest BCUT2D eigenvalue weighted by molar-refractivity contribution is 6.05. The molecule has 2 aromatic rings. The Hall–Kier alpha value is -2.87. The van der Waals surface area contributed by atoms with E-state index in [0.29, 0.717) is 11.3 Å². The number of aliphatic hydroxyl groups is 1. The van der Waals surface area contributed by atoms with Crippen molar-refractivity contribution < 1.29 is 27.8 Å². The topological polar surface area (TPSA) is 62.1 Å². The minimum atomic E-state index is -5.08. The molecular weight excluding hydrogens is 361 g/mol. The van der Waals surface area contributed by atoms with Gasteiger partial charge in [-0.25, -0.2) is 0 Å². The number of alkyl halides is 3. The van der Waals surface area contributed by atoms with Crippen LogP contribution >= 0.6 is 0 Å². The van der Waals surface area contributed by atoms with Crippen LogP contribution in [-0.2, 0) is 0 Å². The van der Waals surface area contributed by atoms with Crippen molar-refractivity contribution in [3.05, 3.63) is 65.2 Å². The lowest BCUT2D eigenvalue weighted by Gasteiger charge is -2.32. The number of ether oxygens (including phenoxy) is 1. The number of amides is 1. The lowest BCUT2D eigenvalue weighted by atomic mass is 10.0. The van der Waals surface area contributed by atoms with E-state index in [-0.39, 0.29) is 16.3 Å². The van der Waals surface area contributed by atoms with E-state index in [2.05, 4.69) is 5.10 Å². The second-order valence-corrected chi connectivity index (χ2v) is 6.25. The fourth-order valence-electron chi connectivity index (χ4n) is 2.74. The third-order valence-corrected chi connectivity index (χ3v) is 4.35. The van der Waals surface area contributed by atoms with Gasteiger partial charge in [0.05, 0.1) is 19.2 Å². The molecule has 0 radical (unpaired) electrons. The summed E-state index contributed by atoms with van der Waals surface area (Å²) >= 11 is 0. The summed E-state index contributed by atoms with van der Waals surface area (Å²) in [6, 6.07) is 12.2. The zero-order valence-electron chi connectivity index (χ0n) is 14.6. The average Bonchev–Trinajstić information content (AvgIpc) is 3.01. The Morgan fingerprint density at radius 2 is 1.74 bits per heavy atom. The third kappa shape index (κ3) is 3.40. The Kier molecular flexibility index (Phi) is 4.69. The second kappa shape index (κ2) is 6.70. The van der Waals surface area contributed by atoms with Crippen LogP contribution in [0.1, 0.15) is 27.9 Å². The van der Waals surface area contributed by atoms with Gasteiger partial charge in [0, 0.05) is 5.56 Å². The molecule has 0 aromatic heterocycles. The monoisotopic (exact) mass is 378 g/mol. The van der Waals surface area contributed by atoms with E-state index >= 15 is 0 Å². The quantitative estimate of drug-likeness (QED) is 0.889. The summed E-state index contributed by atoms with van der Waals surface area (Å²) in [7, 11) is 1.46. The van der Waals surface area contributed by atoms with Gasteiger partial charge in [0.2, 0.25) is 0 Å². The molecule has 8 heteroatoms. The zero-order valence-corrected chi connectivity index (χ0v) is 14.6. The van der Waals surface area contributed by atoms with Crippen molar-refractivity contribution in [3.8, 4) is 5.75 Å². The van der Waals surface area contributed by atoms with Crippen LogP contribution in [0.5, 0.6) is 5.75 Å². The molecule has 1 aliphatic rings. The molecule has 3 rings (SSSR count). The van der Waals surface area contributed by atoms with Crippen LogP contribution in [0.15, 0.2) is 53.6 Å². The number of nitrogens with zero attached hydrogens (tertiary/aromatic N) is 2. The summed E-state index contributed by atoms with van der Waals surface area (Å²) in [6.45, 7) is 1.79. The molecule has 0 spiro atoms. The number of benzene rings is 2. The molecule has 1 heterocycles. The van der Waals surface area contributed by atoms with Crippen molar-refractivity contribution in [1.29, 1.82) is 0 Å². The van der Waals surface area contributed by atoms with Gasteiger partial charge in [0.1, 0.15) is 5.75 Å². The van der Waals surface area contributed by atoms with Crippen LogP contribution in [-0.4, -0.2) is 40.7 Å². The van der Waals surface area contributed by atoms with E-state index in [0.717, 1.165) is 5.56 Å². The number of hydrazone groups is 1. The molecule has 1 N–H and O–H groups in total. The van der Waals surface area contributed by atoms with Gasteiger partial charge in [-0.2, -0.15) is 23.3 Å². The summed E-state index contributed by atoms with van der Waals surface area (Å²) in [5, 5.41) is 14.3. The van der Waals surface area contributed by atoms with Crippen molar-refractivity contribution in [2.75, 3.05) is 7.11 Å². The fourth-order valence-corrected chi connectivity index (χ4v) is 2.74. The van der Waals surface area contributed by atoms with E-state index < -0.39 is 24.2 Å². The molecule has 1 aliphatic heterocycles. The number of methoxy groups -OCH3 is 1. The predicted octanol–water partition coefficient (Wildman–Crippen LogP) is 3.50. The van der Waals surface area contributed by atoms with Crippen LogP contribution in [0.25, 0.3) is 0 Å². The van der Waals surface area contributed by atoms with Gasteiger partial charge in [-0.1, -0.05) is 17.7 Å². The SMILES string of the molecule is COc1ccc(C2=NN(C(=O)c3ccc(C)cc3)C(O)(C(F)(F)F)C2)cc1. The highest BCUT2D eigenvalue weighted by Gasteiger charge is 2.63. The van der Waals surface area contributed by atoms with Crippen LogP contribution in [0, 0.1) is 6.92 Å². The number of carbonyl (C=O) groups excluding carboxylic acids is 1. The summed E-state index contributed by atoms with van der Waals surface area (Å²) in [5.41, 5.74) is -2.25. The van der Waals surface area contributed by atoms with E-state index in [1.54, 1.807) is 31.2 Å². The van der Waals surface area contributed by atoms with Crippen LogP contribution < -0.4 is 4.74 Å². The van der Waals surface area contributed by atoms with Crippen molar-refractivity contribution in [2.24, 2.45) is 5.10 Å². The Bertz CT molecular complexity index is 877. The Morgan fingerprint density at radius 3 is 2.26 bits per heavy atom. The summed E-state index contributed by atoms with van der Waals surface area (Å²) in [5.74, 6) is -0.505. The molecule has 0 bridgehead atoms. The van der Waals surface area contributed by atoms with Gasteiger partial charge in [-0.05, 0) is 48.9 Å². The number of aryl methyl sites for hydroxylation is 1. The molecular formula is C19H17F3N2O3. The van der Waals surface area contributed by atoms with Gasteiger partial charge in [0.25, 0.3) is 11.6 Å². The maximum absolute atomic E-state index is 13.6. The minimum Gasteiger partial charge on any atom is -0.497 e. The normalized spacial score (nSPS) is 19.8. The number of carbonyl (C=O) groups is 1. The zero-order chi connectivity index (χ0) is 19.8. The van der Waals surface area contributed by atoms with Gasteiger partial charge in [0.15, 0.2) is 0 Å². The van der Waals surface area contributed by atoms with Crippen molar-refractivity contribution in [2.45, 2.75) is 25.2 Å². The maximum atomic E-state index is 13.6. The van der Waals surface area contributed by atoms with Crippen molar-refractivity contribution in [1.82, 2.24) is 5.01 Å². The second-order valence-electron chi connectivity index (χ2n) is 6.25. The molecule has 2 aromatic carbocycles. The molecule has 1 amide bonds. The van der Waals surface area contributed by atoms with Gasteiger partial charge in [-0.3, -0.25) is 4.79 Å². The minimum absolute atomic E-state index is 0.00278. The number of halogens is 3. The van der Waals surface area contributed by atoms with Gasteiger partial charge < -0.3 is 9.84 Å². The predicted molar refractivity (Wildman–Crippen MR) is 92.5 cm³/mol. The molecule has 142 valence electrons. The smallest absolute Gasteiger partial charge is 0.438 e. The van der Waals surface area contributed by atoms with Crippen molar-refractivity contribution >= 4 is 11.6 Å². The molecule has 0 saturated heterocycles. The fraction of sp³-hybridized carbons (Fsp3) is 0.263. The highest BCUT2D eigenvalue weighted by Crippen LogP contribution is 2.42. The summed E-state index contributed by atoms with van der Waals surface area (Å²) in [4.78, 5) is 12.6. The van der Waals surface area contributed by atoms with Gasteiger partial charge in [-0.15, -0.1) is 0 Å². The summed E-state index contributed by atoms with van der Waals surface area (Å²) in [6.07, 6.45) is -5.94. The lowest BCUT2D eigenvalue weighted by Crippen LogP contribution is -2.56. The van der Waals surface area contributed by atoms with E-state index in [1.807, 2.05) is 0 Å². The first-order valence-electron chi connectivity index (χ1n) is 8.08. The highest BCUT2D eigenvalue weighted by atomic mass is 19.4. The first-order valence-corrected chi connectivity index (χ1v) is 8.08. The summed E-state index contributed by atoms with van der Waals surface area (Å²) < 4.78 is 45.8. The number of hydrogen-bond donors (Lipinski definition) is 1. The van der Waals surface area contributed by atoms with Gasteiger partial charge >= 0.3 is 6.18 Å². The van der Waals surface area contributed by atoms with Crippen LogP contribution in [0.4, 0.5) is 13.2 Å². The van der Waals surface area contributed by atoms with E-state index in [9.17, 15) is 23.1 Å². The molecule has 5 nitrogen and oxygen atoms in total.